The highest BCUT2D eigenvalue weighted by Crippen LogP contribution is 2.31. The molecule has 112 valence electrons. The molecule has 0 aliphatic heterocycles. The fourth-order valence-corrected chi connectivity index (χ4v) is 2.51. The van der Waals surface area contributed by atoms with Gasteiger partial charge in [-0.05, 0) is 48.9 Å². The van der Waals surface area contributed by atoms with Crippen molar-refractivity contribution in [1.82, 2.24) is 5.32 Å². The molecule has 0 spiro atoms. The first-order valence-electron chi connectivity index (χ1n) is 6.98. The van der Waals surface area contributed by atoms with Gasteiger partial charge in [-0.3, -0.25) is 0 Å². The van der Waals surface area contributed by atoms with E-state index in [4.69, 9.17) is 16.3 Å². The lowest BCUT2D eigenvalue weighted by Crippen LogP contribution is -2.23. The molecule has 0 bridgehead atoms. The van der Waals surface area contributed by atoms with E-state index < -0.39 is 0 Å². The Morgan fingerprint density at radius 2 is 2.05 bits per heavy atom. The van der Waals surface area contributed by atoms with Gasteiger partial charge in [0.15, 0.2) is 0 Å². The fraction of sp³-hybridized carbons (Fsp3) is 0.294. The van der Waals surface area contributed by atoms with Crippen molar-refractivity contribution in [2.45, 2.75) is 19.4 Å². The van der Waals surface area contributed by atoms with Crippen LogP contribution in [0.25, 0.3) is 0 Å². The van der Waals surface area contributed by atoms with Crippen LogP contribution in [-0.4, -0.2) is 13.7 Å². The second-order valence-corrected chi connectivity index (χ2v) is 5.26. The molecule has 0 aliphatic rings. The van der Waals surface area contributed by atoms with E-state index in [0.717, 1.165) is 24.1 Å². The summed E-state index contributed by atoms with van der Waals surface area (Å²) < 4.78 is 19.0. The van der Waals surface area contributed by atoms with Crippen LogP contribution in [-0.2, 0) is 0 Å². The molecule has 4 heteroatoms. The van der Waals surface area contributed by atoms with Crippen LogP contribution in [0.5, 0.6) is 5.75 Å². The highest BCUT2D eigenvalue weighted by Gasteiger charge is 2.18. The van der Waals surface area contributed by atoms with Crippen LogP contribution < -0.4 is 10.1 Å². The molecule has 2 rings (SSSR count). The van der Waals surface area contributed by atoms with E-state index in [9.17, 15) is 4.39 Å². The Balaban J connectivity index is 2.47. The van der Waals surface area contributed by atoms with Gasteiger partial charge in [-0.25, -0.2) is 4.39 Å². The highest BCUT2D eigenvalue weighted by atomic mass is 35.5. The molecule has 2 nitrogen and oxygen atoms in total. The number of hydrogen-bond donors (Lipinski definition) is 1. The van der Waals surface area contributed by atoms with Crippen molar-refractivity contribution in [3.63, 3.8) is 0 Å². The van der Waals surface area contributed by atoms with Gasteiger partial charge < -0.3 is 10.1 Å². The monoisotopic (exact) mass is 307 g/mol. The Morgan fingerprint density at radius 1 is 1.24 bits per heavy atom. The van der Waals surface area contributed by atoms with Gasteiger partial charge in [0.05, 0.1) is 13.2 Å². The normalized spacial score (nSPS) is 12.2. The maximum absolute atomic E-state index is 13.7. The third-order valence-electron chi connectivity index (χ3n) is 3.28. The van der Waals surface area contributed by atoms with Crippen LogP contribution >= 0.6 is 11.6 Å². The van der Waals surface area contributed by atoms with Crippen LogP contribution in [0.1, 0.15) is 30.5 Å². The standard InChI is InChI=1S/C17H19ClFNO/c1-3-9-20-17(12-5-4-6-13(18)10-12)15-11-14(19)7-8-16(15)21-2/h4-8,10-11,17,20H,3,9H2,1-2H3. The van der Waals surface area contributed by atoms with Gasteiger partial charge in [0.1, 0.15) is 11.6 Å². The van der Waals surface area contributed by atoms with Gasteiger partial charge in [0.25, 0.3) is 0 Å². The molecule has 0 aliphatic carbocycles. The summed E-state index contributed by atoms with van der Waals surface area (Å²) in [7, 11) is 1.59. The predicted octanol–water partition coefficient (Wildman–Crippen LogP) is 4.58. The van der Waals surface area contributed by atoms with Gasteiger partial charge >= 0.3 is 0 Å². The second kappa shape index (κ2) is 7.43. The van der Waals surface area contributed by atoms with Crippen molar-refractivity contribution >= 4 is 11.6 Å². The first-order valence-corrected chi connectivity index (χ1v) is 7.35. The van der Waals surface area contributed by atoms with E-state index in [1.807, 2.05) is 24.3 Å². The first kappa shape index (κ1) is 15.8. The van der Waals surface area contributed by atoms with Crippen molar-refractivity contribution in [2.24, 2.45) is 0 Å². The van der Waals surface area contributed by atoms with Crippen molar-refractivity contribution in [3.8, 4) is 5.75 Å². The van der Waals surface area contributed by atoms with E-state index >= 15 is 0 Å². The lowest BCUT2D eigenvalue weighted by molar-refractivity contribution is 0.402. The number of halogens is 2. The maximum Gasteiger partial charge on any atom is 0.124 e. The lowest BCUT2D eigenvalue weighted by atomic mass is 9.97. The Labute approximate surface area is 129 Å². The summed E-state index contributed by atoms with van der Waals surface area (Å²) in [5.41, 5.74) is 1.76. The summed E-state index contributed by atoms with van der Waals surface area (Å²) in [5, 5.41) is 4.08. The number of rotatable bonds is 6. The quantitative estimate of drug-likeness (QED) is 0.843. The second-order valence-electron chi connectivity index (χ2n) is 4.83. The molecule has 1 unspecified atom stereocenters. The maximum atomic E-state index is 13.7. The van der Waals surface area contributed by atoms with Crippen LogP contribution in [0.4, 0.5) is 4.39 Å². The summed E-state index contributed by atoms with van der Waals surface area (Å²) in [6.45, 7) is 2.90. The SMILES string of the molecule is CCCNC(c1cccc(Cl)c1)c1cc(F)ccc1OC. The molecule has 0 aromatic heterocycles. The minimum atomic E-state index is -0.281. The third-order valence-corrected chi connectivity index (χ3v) is 3.52. The van der Waals surface area contributed by atoms with E-state index in [1.54, 1.807) is 13.2 Å². The molecule has 1 N–H and O–H groups in total. The average Bonchev–Trinajstić information content (AvgIpc) is 2.48. The fourth-order valence-electron chi connectivity index (χ4n) is 2.31. The van der Waals surface area contributed by atoms with Crippen molar-refractivity contribution in [2.75, 3.05) is 13.7 Å². The molecule has 0 saturated carbocycles. The molecule has 0 amide bonds. The van der Waals surface area contributed by atoms with Gasteiger partial charge in [0.2, 0.25) is 0 Å². The summed E-state index contributed by atoms with van der Waals surface area (Å²) in [4.78, 5) is 0. The van der Waals surface area contributed by atoms with Gasteiger partial charge in [0, 0.05) is 10.6 Å². The zero-order valence-electron chi connectivity index (χ0n) is 12.2. The van der Waals surface area contributed by atoms with Crippen LogP contribution in [0.15, 0.2) is 42.5 Å². The first-order chi connectivity index (χ1) is 10.2. The molecule has 0 radical (unpaired) electrons. The molecule has 0 saturated heterocycles. The topological polar surface area (TPSA) is 21.3 Å². The zero-order chi connectivity index (χ0) is 15.2. The predicted molar refractivity (Wildman–Crippen MR) is 84.5 cm³/mol. The molecule has 1 atom stereocenters. The van der Waals surface area contributed by atoms with Crippen LogP contribution in [0, 0.1) is 5.82 Å². The molecule has 21 heavy (non-hydrogen) atoms. The van der Waals surface area contributed by atoms with Crippen molar-refractivity contribution in [1.29, 1.82) is 0 Å². The van der Waals surface area contributed by atoms with Crippen molar-refractivity contribution < 1.29 is 9.13 Å². The highest BCUT2D eigenvalue weighted by molar-refractivity contribution is 6.30. The summed E-state index contributed by atoms with van der Waals surface area (Å²) >= 11 is 6.08. The molecule has 0 heterocycles. The molecular weight excluding hydrogens is 289 g/mol. The van der Waals surface area contributed by atoms with Gasteiger partial charge in [-0.1, -0.05) is 30.7 Å². The van der Waals surface area contributed by atoms with E-state index in [-0.39, 0.29) is 11.9 Å². The number of hydrogen-bond acceptors (Lipinski definition) is 2. The largest absolute Gasteiger partial charge is 0.496 e. The molecule has 2 aromatic rings. The zero-order valence-corrected chi connectivity index (χ0v) is 13.0. The average molecular weight is 308 g/mol. The van der Waals surface area contributed by atoms with Gasteiger partial charge in [-0.2, -0.15) is 0 Å². The van der Waals surface area contributed by atoms with Crippen LogP contribution in [0.3, 0.4) is 0 Å². The minimum Gasteiger partial charge on any atom is -0.496 e. The lowest BCUT2D eigenvalue weighted by Gasteiger charge is -2.22. The van der Waals surface area contributed by atoms with E-state index in [2.05, 4.69) is 12.2 Å². The smallest absolute Gasteiger partial charge is 0.124 e. The number of methoxy groups -OCH3 is 1. The van der Waals surface area contributed by atoms with Crippen LogP contribution in [0.2, 0.25) is 5.02 Å². The Morgan fingerprint density at radius 3 is 2.71 bits per heavy atom. The van der Waals surface area contributed by atoms with Crippen molar-refractivity contribution in [3.05, 3.63) is 64.4 Å². The van der Waals surface area contributed by atoms with Gasteiger partial charge in [-0.15, -0.1) is 0 Å². The third kappa shape index (κ3) is 3.96. The number of benzene rings is 2. The summed E-state index contributed by atoms with van der Waals surface area (Å²) in [6.07, 6.45) is 0.981. The van der Waals surface area contributed by atoms with E-state index in [1.165, 1.54) is 12.1 Å². The Bertz CT molecular complexity index is 603. The number of ether oxygens (including phenoxy) is 1. The molecule has 2 aromatic carbocycles. The Kier molecular flexibility index (Phi) is 5.59. The molecular formula is C17H19ClFNO. The summed E-state index contributed by atoms with van der Waals surface area (Å²) in [6, 6.07) is 12.0. The Hall–Kier alpha value is -1.58. The minimum absolute atomic E-state index is 0.158. The summed E-state index contributed by atoms with van der Waals surface area (Å²) in [5.74, 6) is 0.376. The van der Waals surface area contributed by atoms with E-state index in [0.29, 0.717) is 10.8 Å². The molecule has 0 fully saturated rings. The number of nitrogens with one attached hydrogen (secondary N) is 1.